The lowest BCUT2D eigenvalue weighted by Gasteiger charge is -2.29. The van der Waals surface area contributed by atoms with Crippen molar-refractivity contribution in [2.75, 3.05) is 31.2 Å². The summed E-state index contributed by atoms with van der Waals surface area (Å²) in [6.45, 7) is 10.7. The molecule has 0 spiro atoms. The number of carboxylic acid groups (broad SMARTS) is 1. The van der Waals surface area contributed by atoms with Gasteiger partial charge in [-0.2, -0.15) is 0 Å². The number of aromatic carboxylic acids is 1. The molecule has 1 N–H and O–H groups in total. The van der Waals surface area contributed by atoms with Gasteiger partial charge in [0.25, 0.3) is 0 Å². The maximum Gasteiger partial charge on any atom is 0.335 e. The van der Waals surface area contributed by atoms with Crippen LogP contribution >= 0.6 is 0 Å². The highest BCUT2D eigenvalue weighted by Gasteiger charge is 2.24. The van der Waals surface area contributed by atoms with E-state index in [-0.39, 0.29) is 30.2 Å². The number of carbonyl (C=O) groups is 2. The number of benzene rings is 3. The molecule has 0 radical (unpaired) electrons. The molecular formula is C31H35NO5. The minimum atomic E-state index is -0.948. The maximum absolute atomic E-state index is 11.3. The smallest absolute Gasteiger partial charge is 0.335 e. The molecule has 1 aliphatic heterocycles. The number of anilines is 1. The van der Waals surface area contributed by atoms with Gasteiger partial charge in [0.05, 0.1) is 5.56 Å². The van der Waals surface area contributed by atoms with Crippen molar-refractivity contribution in [1.82, 2.24) is 0 Å². The molecule has 6 heteroatoms. The Kier molecular flexibility index (Phi) is 7.86. The summed E-state index contributed by atoms with van der Waals surface area (Å²) >= 11 is 0. The summed E-state index contributed by atoms with van der Waals surface area (Å²) in [4.78, 5) is 24.9. The van der Waals surface area contributed by atoms with Gasteiger partial charge in [-0.05, 0) is 76.9 Å². The van der Waals surface area contributed by atoms with E-state index in [1.54, 1.807) is 12.1 Å². The summed E-state index contributed by atoms with van der Waals surface area (Å²) < 4.78 is 11.1. The Balaban J connectivity index is 1.76. The van der Waals surface area contributed by atoms with Crippen LogP contribution in [0.5, 0.6) is 5.75 Å². The highest BCUT2D eigenvalue weighted by Crippen LogP contribution is 2.40. The second-order valence-corrected chi connectivity index (χ2v) is 10.5. The topological polar surface area (TPSA) is 76.1 Å². The van der Waals surface area contributed by atoms with Gasteiger partial charge in [0.1, 0.15) is 19.0 Å². The molecule has 194 valence electrons. The third kappa shape index (κ3) is 6.31. The summed E-state index contributed by atoms with van der Waals surface area (Å²) in [7, 11) is 0. The average Bonchev–Trinajstić information content (AvgIpc) is 3.41. The van der Waals surface area contributed by atoms with Crippen LogP contribution in [0.4, 0.5) is 5.69 Å². The minimum Gasteiger partial charge on any atom is -0.489 e. The fraction of sp³-hybridized carbons (Fsp3) is 0.355. The molecule has 0 aliphatic carbocycles. The first-order valence-electron chi connectivity index (χ1n) is 12.8. The zero-order chi connectivity index (χ0) is 26.6. The largest absolute Gasteiger partial charge is 0.489 e. The number of hydrogen-bond acceptors (Lipinski definition) is 5. The molecule has 3 aromatic carbocycles. The number of carboxylic acids is 1. The molecule has 1 saturated heterocycles. The van der Waals surface area contributed by atoms with Crippen LogP contribution in [0.3, 0.4) is 0 Å². The Morgan fingerprint density at radius 3 is 2.14 bits per heavy atom. The molecular weight excluding hydrogens is 466 g/mol. The van der Waals surface area contributed by atoms with Crippen molar-refractivity contribution in [1.29, 1.82) is 0 Å². The van der Waals surface area contributed by atoms with E-state index < -0.39 is 5.97 Å². The van der Waals surface area contributed by atoms with Crippen molar-refractivity contribution in [2.24, 2.45) is 0 Å². The third-order valence-corrected chi connectivity index (χ3v) is 6.65. The Labute approximate surface area is 218 Å². The van der Waals surface area contributed by atoms with Crippen LogP contribution in [0.2, 0.25) is 0 Å². The van der Waals surface area contributed by atoms with Crippen LogP contribution in [0.25, 0.3) is 22.3 Å². The second-order valence-electron chi connectivity index (χ2n) is 10.5. The lowest BCUT2D eigenvalue weighted by atomic mass is 9.83. The van der Waals surface area contributed by atoms with Crippen molar-refractivity contribution >= 4 is 17.6 Å². The Bertz CT molecular complexity index is 1270. The molecule has 0 atom stereocenters. The van der Waals surface area contributed by atoms with Crippen molar-refractivity contribution in [3.8, 4) is 28.0 Å². The molecule has 37 heavy (non-hydrogen) atoms. The number of hydrogen-bond donors (Lipinski definition) is 1. The molecule has 1 fully saturated rings. The van der Waals surface area contributed by atoms with E-state index in [0.29, 0.717) is 5.75 Å². The summed E-state index contributed by atoms with van der Waals surface area (Å²) in [5, 5.41) is 9.25. The van der Waals surface area contributed by atoms with Crippen molar-refractivity contribution in [2.45, 2.75) is 46.0 Å². The lowest BCUT2D eigenvalue weighted by Crippen LogP contribution is -2.23. The zero-order valence-electron chi connectivity index (χ0n) is 22.0. The van der Waals surface area contributed by atoms with E-state index in [9.17, 15) is 14.7 Å². The van der Waals surface area contributed by atoms with Gasteiger partial charge >= 0.3 is 11.9 Å². The number of carbonyl (C=O) groups excluding carboxylic acids is 1. The van der Waals surface area contributed by atoms with Crippen LogP contribution in [0, 0.1) is 0 Å². The Hall–Kier alpha value is -3.80. The van der Waals surface area contributed by atoms with Crippen molar-refractivity contribution in [3.05, 3.63) is 71.8 Å². The molecule has 1 aliphatic rings. The highest BCUT2D eigenvalue weighted by molar-refractivity contribution is 5.88. The van der Waals surface area contributed by atoms with Gasteiger partial charge in [-0.25, -0.2) is 4.79 Å². The average molecular weight is 502 g/mol. The van der Waals surface area contributed by atoms with Gasteiger partial charge < -0.3 is 19.5 Å². The van der Waals surface area contributed by atoms with Crippen LogP contribution in [0.1, 0.15) is 56.5 Å². The standard InChI is InChI=1S/C31H35NO5/c1-21(33)36-17-18-37-29-14-12-24(22-7-9-23(10-8-22)30(34)35)19-26(29)25-11-13-28(32-15-5-6-16-32)27(20-25)31(2,3)4/h7-14,19-20H,5-6,15-18H2,1-4H3,(H,34,35). The number of rotatable bonds is 8. The fourth-order valence-electron chi connectivity index (χ4n) is 4.74. The molecule has 0 unspecified atom stereocenters. The molecule has 0 aromatic heterocycles. The van der Waals surface area contributed by atoms with Gasteiger partial charge in [-0.3, -0.25) is 4.79 Å². The monoisotopic (exact) mass is 501 g/mol. The van der Waals surface area contributed by atoms with E-state index in [0.717, 1.165) is 35.3 Å². The van der Waals surface area contributed by atoms with Gasteiger partial charge in [0, 0.05) is 31.3 Å². The van der Waals surface area contributed by atoms with Crippen molar-refractivity contribution in [3.63, 3.8) is 0 Å². The van der Waals surface area contributed by atoms with E-state index in [2.05, 4.69) is 49.9 Å². The van der Waals surface area contributed by atoms with Gasteiger partial charge in [-0.1, -0.05) is 45.0 Å². The molecule has 0 bridgehead atoms. The zero-order valence-corrected chi connectivity index (χ0v) is 22.0. The van der Waals surface area contributed by atoms with Crippen molar-refractivity contribution < 1.29 is 24.2 Å². The van der Waals surface area contributed by atoms with E-state index in [4.69, 9.17) is 9.47 Å². The first-order valence-corrected chi connectivity index (χ1v) is 12.8. The molecule has 4 rings (SSSR count). The summed E-state index contributed by atoms with van der Waals surface area (Å²) in [6.07, 6.45) is 2.43. The van der Waals surface area contributed by atoms with E-state index in [1.807, 2.05) is 24.3 Å². The van der Waals surface area contributed by atoms with E-state index in [1.165, 1.54) is 31.0 Å². The van der Waals surface area contributed by atoms with Gasteiger partial charge in [0.15, 0.2) is 0 Å². The predicted molar refractivity (Wildman–Crippen MR) is 147 cm³/mol. The van der Waals surface area contributed by atoms with Crippen LogP contribution in [-0.2, 0) is 14.9 Å². The second kappa shape index (κ2) is 11.1. The van der Waals surface area contributed by atoms with Crippen LogP contribution in [-0.4, -0.2) is 43.3 Å². The summed E-state index contributed by atoms with van der Waals surface area (Å²) in [5.74, 6) is -0.584. The van der Waals surface area contributed by atoms with Gasteiger partial charge in [-0.15, -0.1) is 0 Å². The molecule has 3 aromatic rings. The highest BCUT2D eigenvalue weighted by atomic mass is 16.6. The van der Waals surface area contributed by atoms with Crippen LogP contribution < -0.4 is 9.64 Å². The lowest BCUT2D eigenvalue weighted by molar-refractivity contribution is -0.141. The Morgan fingerprint density at radius 1 is 0.865 bits per heavy atom. The molecule has 6 nitrogen and oxygen atoms in total. The summed E-state index contributed by atoms with van der Waals surface area (Å²) in [6, 6.07) is 19.5. The predicted octanol–water partition coefficient (Wildman–Crippen LogP) is 6.56. The number of nitrogens with zero attached hydrogens (tertiary/aromatic N) is 1. The molecule has 0 amide bonds. The fourth-order valence-corrected chi connectivity index (χ4v) is 4.74. The first-order chi connectivity index (χ1) is 17.6. The van der Waals surface area contributed by atoms with E-state index >= 15 is 0 Å². The normalized spacial score (nSPS) is 13.5. The third-order valence-electron chi connectivity index (χ3n) is 6.65. The summed E-state index contributed by atoms with van der Waals surface area (Å²) in [5.41, 5.74) is 6.62. The number of esters is 1. The Morgan fingerprint density at radius 2 is 1.51 bits per heavy atom. The first kappa shape index (κ1) is 26.3. The SMILES string of the molecule is CC(=O)OCCOc1ccc(-c2ccc(C(=O)O)cc2)cc1-c1ccc(N2CCCC2)c(C(C)(C)C)c1. The maximum atomic E-state index is 11.3. The minimum absolute atomic E-state index is 0.0471. The number of ether oxygens (including phenoxy) is 2. The molecule has 1 heterocycles. The molecule has 0 saturated carbocycles. The van der Waals surface area contributed by atoms with Crippen LogP contribution in [0.15, 0.2) is 60.7 Å². The quantitative estimate of drug-likeness (QED) is 0.278. The van der Waals surface area contributed by atoms with Gasteiger partial charge in [0.2, 0.25) is 0 Å².